The molecule has 0 aromatic heterocycles. The molecule has 108 valence electrons. The topological polar surface area (TPSA) is 0 Å². The first-order valence-electron chi connectivity index (χ1n) is 8.63. The van der Waals surface area contributed by atoms with Crippen molar-refractivity contribution in [2.24, 2.45) is 29.6 Å². The molecular formula is C18H36. The predicted octanol–water partition coefficient (Wildman–Crippen LogP) is 6.30. The Labute approximate surface area is 116 Å². The van der Waals surface area contributed by atoms with E-state index in [1.54, 1.807) is 0 Å². The molecule has 0 spiro atoms. The maximum absolute atomic E-state index is 2.46. The van der Waals surface area contributed by atoms with Gasteiger partial charge in [-0.05, 0) is 36.0 Å². The Morgan fingerprint density at radius 3 is 2.28 bits per heavy atom. The van der Waals surface area contributed by atoms with Gasteiger partial charge in [0.25, 0.3) is 0 Å². The molecule has 1 fully saturated rings. The Kier molecular flexibility index (Phi) is 7.34. The average Bonchev–Trinajstić information content (AvgIpc) is 2.36. The maximum Gasteiger partial charge on any atom is -0.0355 e. The molecule has 5 atom stereocenters. The van der Waals surface area contributed by atoms with Gasteiger partial charge in [-0.25, -0.2) is 0 Å². The first kappa shape index (κ1) is 16.1. The molecule has 0 aromatic rings. The zero-order chi connectivity index (χ0) is 13.5. The third kappa shape index (κ3) is 4.28. The fraction of sp³-hybridized carbons (Fsp3) is 1.00. The van der Waals surface area contributed by atoms with E-state index in [9.17, 15) is 0 Å². The second kappa shape index (κ2) is 8.23. The van der Waals surface area contributed by atoms with Gasteiger partial charge in [-0.3, -0.25) is 0 Å². The highest BCUT2D eigenvalue weighted by atomic mass is 14.5. The van der Waals surface area contributed by atoms with Gasteiger partial charge in [-0.1, -0.05) is 79.6 Å². The molecule has 1 rings (SSSR count). The van der Waals surface area contributed by atoms with Crippen molar-refractivity contribution in [2.45, 2.75) is 86.0 Å². The van der Waals surface area contributed by atoms with Crippen LogP contribution >= 0.6 is 0 Å². The molecule has 0 N–H and O–H groups in total. The third-order valence-corrected chi connectivity index (χ3v) is 5.80. The van der Waals surface area contributed by atoms with Crippen LogP contribution in [0, 0.1) is 29.6 Å². The minimum Gasteiger partial charge on any atom is -0.0651 e. The highest BCUT2D eigenvalue weighted by Crippen LogP contribution is 2.49. The lowest BCUT2D eigenvalue weighted by Gasteiger charge is -2.48. The third-order valence-electron chi connectivity index (χ3n) is 5.80. The number of unbranched alkanes of at least 4 members (excludes halogenated alkanes) is 1. The lowest BCUT2D eigenvalue weighted by molar-refractivity contribution is 0.0172. The Balaban J connectivity index is 2.17. The van der Waals surface area contributed by atoms with E-state index < -0.39 is 0 Å². The maximum atomic E-state index is 2.46. The molecule has 1 aliphatic carbocycles. The first-order chi connectivity index (χ1) is 8.63. The summed E-state index contributed by atoms with van der Waals surface area (Å²) in [5.74, 6) is 5.10. The van der Waals surface area contributed by atoms with Crippen molar-refractivity contribution in [3.8, 4) is 0 Å². The molecule has 0 aliphatic heterocycles. The molecule has 1 saturated carbocycles. The van der Waals surface area contributed by atoms with Crippen molar-refractivity contribution in [3.63, 3.8) is 0 Å². The minimum atomic E-state index is 0.946. The SMILES string of the molecule is CCC(C)CCCCC1CC(C(C)CC)C1CC. The molecule has 1 aliphatic rings. The van der Waals surface area contributed by atoms with E-state index in [0.29, 0.717) is 0 Å². The largest absolute Gasteiger partial charge is 0.0651 e. The summed E-state index contributed by atoms with van der Waals surface area (Å²) in [5.41, 5.74) is 0. The van der Waals surface area contributed by atoms with E-state index in [1.807, 2.05) is 0 Å². The van der Waals surface area contributed by atoms with Crippen LogP contribution in [0.15, 0.2) is 0 Å². The summed E-state index contributed by atoms with van der Waals surface area (Å²) < 4.78 is 0. The first-order valence-corrected chi connectivity index (χ1v) is 8.63. The quantitative estimate of drug-likeness (QED) is 0.422. The molecule has 5 unspecified atom stereocenters. The summed E-state index contributed by atoms with van der Waals surface area (Å²) in [6.07, 6.45) is 11.6. The second-order valence-corrected chi connectivity index (χ2v) is 6.92. The molecule has 18 heavy (non-hydrogen) atoms. The lowest BCUT2D eigenvalue weighted by atomic mass is 9.57. The van der Waals surface area contributed by atoms with E-state index in [2.05, 4.69) is 34.6 Å². The van der Waals surface area contributed by atoms with Crippen LogP contribution in [0.2, 0.25) is 0 Å². The normalized spacial score (nSPS) is 30.8. The summed E-state index contributed by atoms with van der Waals surface area (Å²) in [6, 6.07) is 0. The van der Waals surface area contributed by atoms with Gasteiger partial charge < -0.3 is 0 Å². The van der Waals surface area contributed by atoms with Crippen molar-refractivity contribution in [1.29, 1.82) is 0 Å². The summed E-state index contributed by atoms with van der Waals surface area (Å²) in [7, 11) is 0. The molecule has 0 nitrogen and oxygen atoms in total. The second-order valence-electron chi connectivity index (χ2n) is 6.92. The molecule has 0 bridgehead atoms. The minimum absolute atomic E-state index is 0.946. The van der Waals surface area contributed by atoms with Crippen LogP contribution < -0.4 is 0 Å². The molecule has 0 radical (unpaired) electrons. The average molecular weight is 252 g/mol. The predicted molar refractivity (Wildman–Crippen MR) is 82.8 cm³/mol. The van der Waals surface area contributed by atoms with Crippen molar-refractivity contribution >= 4 is 0 Å². The van der Waals surface area contributed by atoms with Crippen LogP contribution in [0.3, 0.4) is 0 Å². The summed E-state index contributed by atoms with van der Waals surface area (Å²) in [6.45, 7) is 12.0. The van der Waals surface area contributed by atoms with E-state index in [0.717, 1.165) is 29.6 Å². The molecule has 0 amide bonds. The van der Waals surface area contributed by atoms with Gasteiger partial charge in [0.15, 0.2) is 0 Å². The van der Waals surface area contributed by atoms with E-state index in [-0.39, 0.29) is 0 Å². The van der Waals surface area contributed by atoms with Gasteiger partial charge >= 0.3 is 0 Å². The van der Waals surface area contributed by atoms with E-state index >= 15 is 0 Å². The van der Waals surface area contributed by atoms with Crippen molar-refractivity contribution in [2.75, 3.05) is 0 Å². The van der Waals surface area contributed by atoms with Gasteiger partial charge in [-0.15, -0.1) is 0 Å². The van der Waals surface area contributed by atoms with Gasteiger partial charge in [0.1, 0.15) is 0 Å². The zero-order valence-electron chi connectivity index (χ0n) is 13.5. The summed E-state index contributed by atoms with van der Waals surface area (Å²) in [4.78, 5) is 0. The summed E-state index contributed by atoms with van der Waals surface area (Å²) in [5, 5.41) is 0. The Morgan fingerprint density at radius 1 is 1.00 bits per heavy atom. The molecule has 0 aromatic carbocycles. The molecule has 0 heterocycles. The van der Waals surface area contributed by atoms with Crippen LogP contribution in [0.25, 0.3) is 0 Å². The smallest absolute Gasteiger partial charge is 0.0355 e. The van der Waals surface area contributed by atoms with Crippen molar-refractivity contribution in [3.05, 3.63) is 0 Å². The van der Waals surface area contributed by atoms with Gasteiger partial charge in [-0.2, -0.15) is 0 Å². The Hall–Kier alpha value is 0. The molecule has 0 saturated heterocycles. The van der Waals surface area contributed by atoms with Crippen molar-refractivity contribution in [1.82, 2.24) is 0 Å². The van der Waals surface area contributed by atoms with Crippen LogP contribution in [0.4, 0.5) is 0 Å². The van der Waals surface area contributed by atoms with E-state index in [4.69, 9.17) is 0 Å². The lowest BCUT2D eigenvalue weighted by Crippen LogP contribution is -2.39. The fourth-order valence-corrected chi connectivity index (χ4v) is 3.88. The van der Waals surface area contributed by atoms with Gasteiger partial charge in [0.2, 0.25) is 0 Å². The Bertz CT molecular complexity index is 208. The highest BCUT2D eigenvalue weighted by molar-refractivity contribution is 4.90. The molecule has 0 heteroatoms. The van der Waals surface area contributed by atoms with Crippen LogP contribution in [0.1, 0.15) is 86.0 Å². The number of hydrogen-bond donors (Lipinski definition) is 0. The fourth-order valence-electron chi connectivity index (χ4n) is 3.88. The van der Waals surface area contributed by atoms with Crippen LogP contribution in [-0.4, -0.2) is 0 Å². The summed E-state index contributed by atoms with van der Waals surface area (Å²) >= 11 is 0. The monoisotopic (exact) mass is 252 g/mol. The van der Waals surface area contributed by atoms with E-state index in [1.165, 1.54) is 51.4 Å². The number of hydrogen-bond acceptors (Lipinski definition) is 0. The van der Waals surface area contributed by atoms with Crippen molar-refractivity contribution < 1.29 is 0 Å². The highest BCUT2D eigenvalue weighted by Gasteiger charge is 2.40. The van der Waals surface area contributed by atoms with Gasteiger partial charge in [0.05, 0.1) is 0 Å². The van der Waals surface area contributed by atoms with Crippen LogP contribution in [-0.2, 0) is 0 Å². The Morgan fingerprint density at radius 2 is 1.72 bits per heavy atom. The zero-order valence-corrected chi connectivity index (χ0v) is 13.5. The van der Waals surface area contributed by atoms with Crippen LogP contribution in [0.5, 0.6) is 0 Å². The molecular weight excluding hydrogens is 216 g/mol. The standard InChI is InChI=1S/C18H36/c1-6-14(4)11-9-10-12-16-13-18(15(5)7-2)17(16)8-3/h14-18H,6-13H2,1-5H3. The van der Waals surface area contributed by atoms with Gasteiger partial charge in [0, 0.05) is 0 Å². The number of rotatable bonds is 9.